The molecule has 5 rings (SSSR count). The lowest BCUT2D eigenvalue weighted by Crippen LogP contribution is -2.42. The molecule has 2 aromatic carbocycles. The highest BCUT2D eigenvalue weighted by Gasteiger charge is 2.34. The maximum atomic E-state index is 15.2. The molecular formula is C28H31FN6O2. The van der Waals surface area contributed by atoms with E-state index in [9.17, 15) is 9.59 Å². The number of nitriles is 1. The molecule has 0 radical (unpaired) electrons. The van der Waals surface area contributed by atoms with Crippen molar-refractivity contribution in [2.24, 2.45) is 11.7 Å². The van der Waals surface area contributed by atoms with Gasteiger partial charge in [-0.15, -0.1) is 0 Å². The van der Waals surface area contributed by atoms with Crippen molar-refractivity contribution in [2.45, 2.75) is 44.9 Å². The maximum Gasteiger partial charge on any atom is 0.254 e. The number of aromatic nitrogens is 2. The van der Waals surface area contributed by atoms with Crippen LogP contribution in [-0.4, -0.2) is 45.8 Å². The van der Waals surface area contributed by atoms with Gasteiger partial charge in [0.25, 0.3) is 5.91 Å². The van der Waals surface area contributed by atoms with Crippen LogP contribution in [0.15, 0.2) is 60.8 Å². The Morgan fingerprint density at radius 1 is 1.11 bits per heavy atom. The number of anilines is 1. The van der Waals surface area contributed by atoms with Crippen molar-refractivity contribution < 1.29 is 14.0 Å². The Balaban J connectivity index is 0.00000102. The number of primary amides is 1. The number of hydrogen-bond donors (Lipinski definition) is 2. The average Bonchev–Trinajstić information content (AvgIpc) is 3.66. The zero-order valence-corrected chi connectivity index (χ0v) is 20.8. The van der Waals surface area contributed by atoms with Gasteiger partial charge in [0, 0.05) is 38.7 Å². The van der Waals surface area contributed by atoms with E-state index in [1.165, 1.54) is 23.4 Å². The number of carbonyl (C=O) groups excluding carboxylic acids is 2. The van der Waals surface area contributed by atoms with E-state index < -0.39 is 18.1 Å². The molecule has 1 saturated carbocycles. The molecule has 2 amide bonds. The Morgan fingerprint density at radius 2 is 1.76 bits per heavy atom. The van der Waals surface area contributed by atoms with Gasteiger partial charge in [-0.3, -0.25) is 19.2 Å². The van der Waals surface area contributed by atoms with E-state index in [1.54, 1.807) is 6.07 Å². The first kappa shape index (κ1) is 26.0. The molecule has 1 saturated heterocycles. The third kappa shape index (κ3) is 6.60. The van der Waals surface area contributed by atoms with Crippen LogP contribution >= 0.6 is 0 Å². The number of nitrogens with two attached hydrogens (primary N) is 1. The van der Waals surface area contributed by atoms with Crippen LogP contribution in [0.5, 0.6) is 0 Å². The summed E-state index contributed by atoms with van der Waals surface area (Å²) in [7, 11) is 0. The van der Waals surface area contributed by atoms with Gasteiger partial charge in [-0.1, -0.05) is 54.6 Å². The van der Waals surface area contributed by atoms with Gasteiger partial charge in [-0.25, -0.2) is 4.39 Å². The average molecular weight is 503 g/mol. The van der Waals surface area contributed by atoms with Gasteiger partial charge in [0.15, 0.2) is 5.82 Å². The first-order valence-electron chi connectivity index (χ1n) is 12.4. The molecule has 1 aliphatic carbocycles. The first-order chi connectivity index (χ1) is 17.9. The summed E-state index contributed by atoms with van der Waals surface area (Å²) in [4.78, 5) is 26.1. The summed E-state index contributed by atoms with van der Waals surface area (Å²) in [5.41, 5.74) is 9.03. The van der Waals surface area contributed by atoms with Gasteiger partial charge in [0.1, 0.15) is 11.7 Å². The molecule has 37 heavy (non-hydrogen) atoms. The number of carbonyl (C=O) groups is 2. The topological polar surface area (TPSA) is 117 Å². The first-order valence-corrected chi connectivity index (χ1v) is 12.4. The minimum Gasteiger partial charge on any atom is -0.365 e. The molecule has 2 fully saturated rings. The molecule has 3 aromatic rings. The number of hydrogen-bond acceptors (Lipinski definition) is 5. The van der Waals surface area contributed by atoms with Crippen molar-refractivity contribution in [2.75, 3.05) is 18.4 Å². The van der Waals surface area contributed by atoms with Crippen LogP contribution in [0.3, 0.4) is 0 Å². The van der Waals surface area contributed by atoms with E-state index in [0.29, 0.717) is 19.5 Å². The number of halogens is 1. The van der Waals surface area contributed by atoms with Gasteiger partial charge in [-0.2, -0.15) is 10.4 Å². The molecule has 8 nitrogen and oxygen atoms in total. The molecule has 2 unspecified atom stereocenters. The SMILES string of the molecule is CC#N.NC(=O)c1cn(C2CCN(Cc3ccc(-c4ccccc4)cc3)CC2F)nc1NC(=O)C1CC1. The summed E-state index contributed by atoms with van der Waals surface area (Å²) in [6.07, 6.45) is 2.50. The normalized spacial score (nSPS) is 19.3. The van der Waals surface area contributed by atoms with Crippen LogP contribution in [-0.2, 0) is 11.3 Å². The van der Waals surface area contributed by atoms with Crippen LogP contribution < -0.4 is 11.1 Å². The van der Waals surface area contributed by atoms with Gasteiger partial charge in [-0.05, 0) is 36.0 Å². The fourth-order valence-electron chi connectivity index (χ4n) is 4.49. The number of rotatable bonds is 7. The lowest BCUT2D eigenvalue weighted by atomic mass is 10.0. The van der Waals surface area contributed by atoms with Crippen LogP contribution in [0.2, 0.25) is 0 Å². The van der Waals surface area contributed by atoms with E-state index >= 15 is 4.39 Å². The van der Waals surface area contributed by atoms with E-state index in [-0.39, 0.29) is 29.8 Å². The fourth-order valence-corrected chi connectivity index (χ4v) is 4.49. The molecule has 192 valence electrons. The molecule has 2 atom stereocenters. The summed E-state index contributed by atoms with van der Waals surface area (Å²) >= 11 is 0. The quantitative estimate of drug-likeness (QED) is 0.499. The largest absolute Gasteiger partial charge is 0.365 e. The zero-order chi connectivity index (χ0) is 26.4. The number of alkyl halides is 1. The standard InChI is InChI=1S/C26H28FN5O2.C2H3N/c27-22-16-31(14-17-6-8-19(9-7-17)18-4-2-1-3-5-18)13-12-23(22)32-15-21(24(28)33)25(30-32)29-26(34)20-10-11-20;1-2-3/h1-9,15,20,22-23H,10-14,16H2,(H2,28,33)(H,29,30,34);1H3. The predicted octanol–water partition coefficient (Wildman–Crippen LogP) is 4.31. The Kier molecular flexibility index (Phi) is 8.31. The molecule has 9 heteroatoms. The molecule has 3 N–H and O–H groups in total. The summed E-state index contributed by atoms with van der Waals surface area (Å²) in [6.45, 7) is 3.05. The number of nitrogens with zero attached hydrogens (tertiary/aromatic N) is 4. The summed E-state index contributed by atoms with van der Waals surface area (Å²) in [6, 6.07) is 19.8. The van der Waals surface area contributed by atoms with Crippen molar-refractivity contribution in [3.05, 3.63) is 71.9 Å². The molecule has 2 aliphatic rings. The summed E-state index contributed by atoms with van der Waals surface area (Å²) in [5, 5.41) is 14.3. The molecule has 0 bridgehead atoms. The minimum atomic E-state index is -1.16. The highest BCUT2D eigenvalue weighted by Crippen LogP contribution is 2.32. The van der Waals surface area contributed by atoms with Crippen molar-refractivity contribution in [1.29, 1.82) is 5.26 Å². The minimum absolute atomic E-state index is 0.0372. The van der Waals surface area contributed by atoms with Crippen LogP contribution in [0.4, 0.5) is 10.2 Å². The number of benzene rings is 2. The second kappa shape index (κ2) is 11.8. The monoisotopic (exact) mass is 502 g/mol. The highest BCUT2D eigenvalue weighted by molar-refractivity contribution is 6.02. The lowest BCUT2D eigenvalue weighted by Gasteiger charge is -2.34. The van der Waals surface area contributed by atoms with E-state index in [2.05, 4.69) is 51.7 Å². The molecule has 2 heterocycles. The van der Waals surface area contributed by atoms with Gasteiger partial charge < -0.3 is 11.1 Å². The Bertz CT molecular complexity index is 1260. The third-order valence-corrected chi connectivity index (χ3v) is 6.59. The maximum absolute atomic E-state index is 15.2. The van der Waals surface area contributed by atoms with E-state index in [0.717, 1.165) is 24.0 Å². The fraction of sp³-hybridized carbons (Fsp3) is 0.357. The number of nitrogens with one attached hydrogen (secondary N) is 1. The summed E-state index contributed by atoms with van der Waals surface area (Å²) < 4.78 is 16.7. The smallest absolute Gasteiger partial charge is 0.254 e. The van der Waals surface area contributed by atoms with Gasteiger partial charge in [0.05, 0.1) is 12.1 Å². The van der Waals surface area contributed by atoms with E-state index in [1.807, 2.05) is 18.2 Å². The van der Waals surface area contributed by atoms with Crippen molar-refractivity contribution in [3.8, 4) is 17.2 Å². The third-order valence-electron chi connectivity index (χ3n) is 6.59. The van der Waals surface area contributed by atoms with Crippen molar-refractivity contribution in [1.82, 2.24) is 14.7 Å². The van der Waals surface area contributed by atoms with Crippen LogP contribution in [0.25, 0.3) is 11.1 Å². The lowest BCUT2D eigenvalue weighted by molar-refractivity contribution is -0.117. The molecular weight excluding hydrogens is 471 g/mol. The van der Waals surface area contributed by atoms with Crippen LogP contribution in [0, 0.1) is 17.2 Å². The predicted molar refractivity (Wildman–Crippen MR) is 139 cm³/mol. The Labute approximate surface area is 215 Å². The molecule has 0 spiro atoms. The van der Waals surface area contributed by atoms with Crippen molar-refractivity contribution in [3.63, 3.8) is 0 Å². The van der Waals surface area contributed by atoms with E-state index in [4.69, 9.17) is 11.0 Å². The second-order valence-electron chi connectivity index (χ2n) is 9.39. The second-order valence-corrected chi connectivity index (χ2v) is 9.39. The van der Waals surface area contributed by atoms with Crippen LogP contribution in [0.1, 0.15) is 48.1 Å². The van der Waals surface area contributed by atoms with Gasteiger partial charge >= 0.3 is 0 Å². The number of likely N-dealkylation sites (tertiary alicyclic amines) is 1. The molecule has 1 aromatic heterocycles. The number of piperidine rings is 1. The Morgan fingerprint density at radius 3 is 2.35 bits per heavy atom. The van der Waals surface area contributed by atoms with Crippen molar-refractivity contribution >= 4 is 17.6 Å². The summed E-state index contributed by atoms with van der Waals surface area (Å²) in [5.74, 6) is -0.774. The number of amides is 2. The molecule has 1 aliphatic heterocycles. The highest BCUT2D eigenvalue weighted by atomic mass is 19.1. The zero-order valence-electron chi connectivity index (χ0n) is 20.8. The van der Waals surface area contributed by atoms with Gasteiger partial charge in [0.2, 0.25) is 5.91 Å². The Hall–Kier alpha value is -4.03.